The van der Waals surface area contributed by atoms with Crippen molar-refractivity contribution in [1.82, 2.24) is 9.88 Å². The van der Waals surface area contributed by atoms with Crippen LogP contribution in [-0.2, 0) is 0 Å². The molecule has 0 radical (unpaired) electrons. The zero-order valence-electron chi connectivity index (χ0n) is 10.2. The fourth-order valence-electron chi connectivity index (χ4n) is 2.44. The fourth-order valence-corrected chi connectivity index (χ4v) is 2.97. The van der Waals surface area contributed by atoms with Gasteiger partial charge in [-0.1, -0.05) is 15.9 Å². The molecule has 2 rings (SSSR count). The van der Waals surface area contributed by atoms with E-state index in [1.807, 2.05) is 4.90 Å². The highest BCUT2D eigenvalue weighted by atomic mass is 79.9. The maximum absolute atomic E-state index is 12.4. The van der Waals surface area contributed by atoms with E-state index in [1.54, 1.807) is 6.07 Å². The Labute approximate surface area is 115 Å². The van der Waals surface area contributed by atoms with Crippen LogP contribution >= 0.6 is 15.9 Å². The molecule has 1 amide bonds. The molecule has 98 valence electrons. The molecule has 1 aliphatic rings. The quantitative estimate of drug-likeness (QED) is 0.870. The number of nitrogens with one attached hydrogen (secondary N) is 1. The van der Waals surface area contributed by atoms with E-state index < -0.39 is 0 Å². The minimum Gasteiger partial charge on any atom is -0.336 e. The van der Waals surface area contributed by atoms with Crippen molar-refractivity contribution < 1.29 is 4.79 Å². The Balaban J connectivity index is 2.18. The van der Waals surface area contributed by atoms with E-state index in [2.05, 4.69) is 20.9 Å². The number of H-pyrrole nitrogens is 1. The minimum absolute atomic E-state index is 0.0215. The number of aromatic nitrogens is 1. The highest BCUT2D eigenvalue weighted by molar-refractivity contribution is 9.09. The molecule has 1 aromatic rings. The van der Waals surface area contributed by atoms with Gasteiger partial charge in [-0.15, -0.1) is 0 Å². The summed E-state index contributed by atoms with van der Waals surface area (Å²) in [5.74, 6) is -0.0215. The average Bonchev–Trinajstić information content (AvgIpc) is 2.39. The largest absolute Gasteiger partial charge is 0.336 e. The van der Waals surface area contributed by atoms with Crippen molar-refractivity contribution in [1.29, 1.82) is 0 Å². The van der Waals surface area contributed by atoms with E-state index in [0.717, 1.165) is 31.1 Å². The lowest BCUT2D eigenvalue weighted by Gasteiger charge is -2.35. The lowest BCUT2D eigenvalue weighted by atomic mass is 9.99. The number of pyridine rings is 1. The number of carbonyl (C=O) groups excluding carboxylic acids is 1. The highest BCUT2D eigenvalue weighted by Crippen LogP contribution is 2.22. The number of hydrogen-bond acceptors (Lipinski definition) is 2. The van der Waals surface area contributed by atoms with Crippen LogP contribution in [0.4, 0.5) is 0 Å². The molecule has 0 spiro atoms. The van der Waals surface area contributed by atoms with Gasteiger partial charge in [-0.3, -0.25) is 9.59 Å². The van der Waals surface area contributed by atoms with Gasteiger partial charge in [0.15, 0.2) is 0 Å². The van der Waals surface area contributed by atoms with Crippen LogP contribution < -0.4 is 5.56 Å². The first-order valence-electron chi connectivity index (χ1n) is 6.28. The van der Waals surface area contributed by atoms with Crippen LogP contribution in [0, 0.1) is 0 Å². The number of likely N-dealkylation sites (tertiary alicyclic amines) is 1. The highest BCUT2D eigenvalue weighted by Gasteiger charge is 2.26. The number of alkyl halides is 1. The zero-order chi connectivity index (χ0) is 13.0. The Morgan fingerprint density at radius 1 is 1.50 bits per heavy atom. The van der Waals surface area contributed by atoms with Gasteiger partial charge in [0.2, 0.25) is 5.56 Å². The topological polar surface area (TPSA) is 53.2 Å². The number of nitrogens with zero attached hydrogens (tertiary/aromatic N) is 1. The molecule has 1 aromatic heterocycles. The summed E-state index contributed by atoms with van der Waals surface area (Å²) in [6, 6.07) is 3.34. The lowest BCUT2D eigenvalue weighted by molar-refractivity contribution is 0.0609. The number of halogens is 1. The molecule has 0 aliphatic carbocycles. The number of aromatic amines is 1. The van der Waals surface area contributed by atoms with Crippen LogP contribution in [0.25, 0.3) is 0 Å². The van der Waals surface area contributed by atoms with Crippen LogP contribution in [0.3, 0.4) is 0 Å². The monoisotopic (exact) mass is 312 g/mol. The minimum atomic E-state index is -0.227. The fraction of sp³-hybridized carbons (Fsp3) is 0.538. The van der Waals surface area contributed by atoms with Gasteiger partial charge in [-0.25, -0.2) is 0 Å². The molecule has 4 nitrogen and oxygen atoms in total. The molecule has 2 heterocycles. The molecular formula is C13H17BrN2O2. The Morgan fingerprint density at radius 3 is 3.06 bits per heavy atom. The smallest absolute Gasteiger partial charge is 0.254 e. The van der Waals surface area contributed by atoms with Gasteiger partial charge in [-0.05, 0) is 31.7 Å². The Kier molecular flexibility index (Phi) is 4.58. The predicted octanol–water partition coefficient (Wildman–Crippen LogP) is 2.15. The van der Waals surface area contributed by atoms with Gasteiger partial charge in [0.05, 0.1) is 0 Å². The van der Waals surface area contributed by atoms with E-state index in [1.165, 1.54) is 18.7 Å². The standard InChI is InChI=1S/C13H17BrN2O2/c14-6-4-11-3-1-2-8-16(11)13(18)10-5-7-15-12(17)9-10/h5,7,9,11H,1-4,6,8H2,(H,15,17). The average molecular weight is 313 g/mol. The van der Waals surface area contributed by atoms with Gasteiger partial charge in [0, 0.05) is 35.7 Å². The van der Waals surface area contributed by atoms with Crippen molar-refractivity contribution in [2.45, 2.75) is 31.7 Å². The number of piperidine rings is 1. The molecule has 0 saturated carbocycles. The van der Waals surface area contributed by atoms with E-state index in [9.17, 15) is 9.59 Å². The Morgan fingerprint density at radius 2 is 2.33 bits per heavy atom. The van der Waals surface area contributed by atoms with Crippen LogP contribution in [0.5, 0.6) is 0 Å². The molecule has 1 unspecified atom stereocenters. The van der Waals surface area contributed by atoms with Crippen LogP contribution in [0.2, 0.25) is 0 Å². The molecule has 0 aromatic carbocycles. The van der Waals surface area contributed by atoms with Crippen molar-refractivity contribution in [2.24, 2.45) is 0 Å². The maximum Gasteiger partial charge on any atom is 0.254 e. The van der Waals surface area contributed by atoms with Gasteiger partial charge in [0.1, 0.15) is 0 Å². The third-order valence-electron chi connectivity index (χ3n) is 3.35. The number of rotatable bonds is 3. The molecule has 1 atom stereocenters. The Hall–Kier alpha value is -1.10. The predicted molar refractivity (Wildman–Crippen MR) is 74.1 cm³/mol. The molecular weight excluding hydrogens is 296 g/mol. The van der Waals surface area contributed by atoms with E-state index in [-0.39, 0.29) is 11.5 Å². The Bertz CT molecular complexity index is 470. The summed E-state index contributed by atoms with van der Waals surface area (Å²) in [5, 5.41) is 0.900. The summed E-state index contributed by atoms with van der Waals surface area (Å²) in [6.07, 6.45) is 5.78. The normalized spacial score (nSPS) is 19.8. The molecule has 18 heavy (non-hydrogen) atoms. The number of hydrogen-bond donors (Lipinski definition) is 1. The van der Waals surface area contributed by atoms with Gasteiger partial charge in [0.25, 0.3) is 5.91 Å². The molecule has 1 fully saturated rings. The third kappa shape index (κ3) is 3.02. The summed E-state index contributed by atoms with van der Waals surface area (Å²) in [5.41, 5.74) is 0.259. The number of amides is 1. The van der Waals surface area contributed by atoms with E-state index in [0.29, 0.717) is 11.6 Å². The first-order valence-corrected chi connectivity index (χ1v) is 7.40. The van der Waals surface area contributed by atoms with Crippen LogP contribution in [0.15, 0.2) is 23.1 Å². The lowest BCUT2D eigenvalue weighted by Crippen LogP contribution is -2.44. The molecule has 0 bridgehead atoms. The first-order chi connectivity index (χ1) is 8.72. The van der Waals surface area contributed by atoms with Gasteiger partial charge in [-0.2, -0.15) is 0 Å². The van der Waals surface area contributed by atoms with Crippen molar-refractivity contribution in [3.05, 3.63) is 34.2 Å². The van der Waals surface area contributed by atoms with Crippen LogP contribution in [0.1, 0.15) is 36.0 Å². The summed E-state index contributed by atoms with van der Waals surface area (Å²) in [6.45, 7) is 0.795. The van der Waals surface area contributed by atoms with Crippen molar-refractivity contribution >= 4 is 21.8 Å². The zero-order valence-corrected chi connectivity index (χ0v) is 11.8. The SMILES string of the molecule is O=C(c1cc[nH]c(=O)c1)N1CCCCC1CCBr. The summed E-state index contributed by atoms with van der Waals surface area (Å²) < 4.78 is 0. The first kappa shape index (κ1) is 13.3. The second kappa shape index (κ2) is 6.18. The molecule has 1 N–H and O–H groups in total. The van der Waals surface area contributed by atoms with Crippen molar-refractivity contribution in [2.75, 3.05) is 11.9 Å². The van der Waals surface area contributed by atoms with E-state index >= 15 is 0 Å². The van der Waals surface area contributed by atoms with Crippen molar-refractivity contribution in [3.63, 3.8) is 0 Å². The van der Waals surface area contributed by atoms with Gasteiger partial charge < -0.3 is 9.88 Å². The third-order valence-corrected chi connectivity index (χ3v) is 3.81. The molecule has 5 heteroatoms. The van der Waals surface area contributed by atoms with E-state index in [4.69, 9.17) is 0 Å². The van der Waals surface area contributed by atoms with Crippen LogP contribution in [-0.4, -0.2) is 33.7 Å². The summed E-state index contributed by atoms with van der Waals surface area (Å²) >= 11 is 3.44. The summed E-state index contributed by atoms with van der Waals surface area (Å²) in [7, 11) is 0. The van der Waals surface area contributed by atoms with Gasteiger partial charge >= 0.3 is 0 Å². The van der Waals surface area contributed by atoms with Crippen molar-refractivity contribution in [3.8, 4) is 0 Å². The second-order valence-corrected chi connectivity index (χ2v) is 5.36. The maximum atomic E-state index is 12.4. The summed E-state index contributed by atoms with van der Waals surface area (Å²) in [4.78, 5) is 28.1. The number of carbonyl (C=O) groups is 1. The molecule has 1 aliphatic heterocycles. The second-order valence-electron chi connectivity index (χ2n) is 4.57. The molecule has 1 saturated heterocycles.